The van der Waals surface area contributed by atoms with Gasteiger partial charge in [0.1, 0.15) is 0 Å². The second-order valence-corrected chi connectivity index (χ2v) is 7.34. The molecule has 0 atom stereocenters. The number of alkyl halides is 2. The Hall–Kier alpha value is -1.14. The van der Waals surface area contributed by atoms with Gasteiger partial charge >= 0.3 is 0 Å². The van der Waals surface area contributed by atoms with Crippen LogP contribution in [0, 0.1) is 0 Å². The van der Waals surface area contributed by atoms with Gasteiger partial charge in [-0.15, -0.1) is 11.8 Å². The molecule has 0 unspecified atom stereocenters. The van der Waals surface area contributed by atoms with Crippen LogP contribution >= 0.6 is 11.8 Å². The van der Waals surface area contributed by atoms with Crippen LogP contribution in [0.3, 0.4) is 0 Å². The number of thioether (sulfide) groups is 1. The van der Waals surface area contributed by atoms with E-state index in [0.29, 0.717) is 0 Å². The van der Waals surface area contributed by atoms with Gasteiger partial charge in [-0.25, -0.2) is 8.78 Å². The van der Waals surface area contributed by atoms with Crippen molar-refractivity contribution in [3.05, 3.63) is 29.8 Å². The fourth-order valence-corrected chi connectivity index (χ4v) is 2.77. The Labute approximate surface area is 141 Å². The summed E-state index contributed by atoms with van der Waals surface area (Å²) >= 11 is 1.36. The van der Waals surface area contributed by atoms with Crippen molar-refractivity contribution in [2.45, 2.75) is 37.5 Å². The van der Waals surface area contributed by atoms with Crippen molar-refractivity contribution in [3.63, 3.8) is 0 Å². The number of carbonyl (C=O) groups is 1. The number of nitrogens with zero attached hydrogens (tertiary/aromatic N) is 1. The number of ether oxygens (including phenoxy) is 1. The van der Waals surface area contributed by atoms with Gasteiger partial charge in [0.25, 0.3) is 6.43 Å². The van der Waals surface area contributed by atoms with Gasteiger partial charge in [0.05, 0.1) is 18.9 Å². The summed E-state index contributed by atoms with van der Waals surface area (Å²) in [6.45, 7) is 6.29. The number of hydrogen-bond acceptors (Lipinski definition) is 3. The molecule has 0 aliphatic rings. The standard InChI is InChI=1S/C17H25F2NO2S/c1-17(2,3)13-5-7-14(8-6-13)23-12-16(21)20(9-10-22-4)11-15(18)19/h5-8,15H,9-12H2,1-4H3. The summed E-state index contributed by atoms with van der Waals surface area (Å²) in [6.07, 6.45) is -2.54. The zero-order valence-corrected chi connectivity index (χ0v) is 15.0. The van der Waals surface area contributed by atoms with E-state index in [9.17, 15) is 13.6 Å². The topological polar surface area (TPSA) is 29.5 Å². The van der Waals surface area contributed by atoms with Gasteiger partial charge in [-0.2, -0.15) is 0 Å². The predicted molar refractivity (Wildman–Crippen MR) is 90.3 cm³/mol. The Morgan fingerprint density at radius 3 is 2.35 bits per heavy atom. The minimum Gasteiger partial charge on any atom is -0.383 e. The van der Waals surface area contributed by atoms with Crippen LogP contribution in [0.15, 0.2) is 29.2 Å². The molecule has 0 bridgehead atoms. The predicted octanol–water partition coefficient (Wildman–Crippen LogP) is 3.82. The molecule has 0 fully saturated rings. The lowest BCUT2D eigenvalue weighted by atomic mass is 9.87. The largest absolute Gasteiger partial charge is 0.383 e. The van der Waals surface area contributed by atoms with Crippen molar-refractivity contribution in [3.8, 4) is 0 Å². The maximum Gasteiger partial charge on any atom is 0.255 e. The highest BCUT2D eigenvalue weighted by Gasteiger charge is 2.18. The van der Waals surface area contributed by atoms with Crippen LogP contribution in [-0.2, 0) is 14.9 Å². The Balaban J connectivity index is 2.58. The van der Waals surface area contributed by atoms with E-state index >= 15 is 0 Å². The fraction of sp³-hybridized carbons (Fsp3) is 0.588. The zero-order chi connectivity index (χ0) is 17.5. The van der Waals surface area contributed by atoms with Crippen molar-refractivity contribution in [1.82, 2.24) is 4.90 Å². The Kier molecular flexibility index (Phi) is 7.99. The number of amides is 1. The van der Waals surface area contributed by atoms with E-state index in [4.69, 9.17) is 4.74 Å². The molecule has 0 aliphatic heterocycles. The smallest absolute Gasteiger partial charge is 0.255 e. The molecule has 0 saturated carbocycles. The molecule has 0 spiro atoms. The first-order chi connectivity index (χ1) is 10.7. The van der Waals surface area contributed by atoms with Gasteiger partial charge in [0.2, 0.25) is 5.91 Å². The molecule has 6 heteroatoms. The molecule has 3 nitrogen and oxygen atoms in total. The molecule has 1 rings (SSSR count). The van der Waals surface area contributed by atoms with Crippen LogP contribution in [0.5, 0.6) is 0 Å². The second-order valence-electron chi connectivity index (χ2n) is 6.29. The lowest BCUT2D eigenvalue weighted by Gasteiger charge is -2.22. The van der Waals surface area contributed by atoms with Gasteiger partial charge < -0.3 is 9.64 Å². The molecule has 1 aromatic carbocycles. The summed E-state index contributed by atoms with van der Waals surface area (Å²) in [5.74, 6) is -0.155. The molecule has 0 aromatic heterocycles. The molecule has 1 amide bonds. The molecular weight excluding hydrogens is 320 g/mol. The summed E-state index contributed by atoms with van der Waals surface area (Å²) in [6, 6.07) is 8.00. The fourth-order valence-electron chi connectivity index (χ4n) is 1.97. The third kappa shape index (κ3) is 7.31. The third-order valence-corrected chi connectivity index (χ3v) is 4.36. The molecule has 130 valence electrons. The van der Waals surface area contributed by atoms with E-state index in [2.05, 4.69) is 20.8 Å². The highest BCUT2D eigenvalue weighted by atomic mass is 32.2. The number of benzene rings is 1. The summed E-state index contributed by atoms with van der Waals surface area (Å²) in [5.41, 5.74) is 1.29. The van der Waals surface area contributed by atoms with Crippen LogP contribution in [0.2, 0.25) is 0 Å². The third-order valence-electron chi connectivity index (χ3n) is 3.36. The van der Waals surface area contributed by atoms with Gasteiger partial charge in [-0.1, -0.05) is 32.9 Å². The minimum atomic E-state index is -2.54. The van der Waals surface area contributed by atoms with Crippen LogP contribution in [0.4, 0.5) is 8.78 Å². The Bertz CT molecular complexity index is 486. The van der Waals surface area contributed by atoms with E-state index in [1.54, 1.807) is 0 Å². The average molecular weight is 345 g/mol. The van der Waals surface area contributed by atoms with E-state index < -0.39 is 13.0 Å². The number of halogens is 2. The molecule has 0 saturated heterocycles. The summed E-state index contributed by atoms with van der Waals surface area (Å²) in [7, 11) is 1.48. The van der Waals surface area contributed by atoms with Gasteiger partial charge in [0, 0.05) is 18.6 Å². The zero-order valence-electron chi connectivity index (χ0n) is 14.1. The molecule has 0 aliphatic carbocycles. The highest BCUT2D eigenvalue weighted by molar-refractivity contribution is 8.00. The molecule has 23 heavy (non-hydrogen) atoms. The van der Waals surface area contributed by atoms with Crippen molar-refractivity contribution in [1.29, 1.82) is 0 Å². The maximum atomic E-state index is 12.6. The second kappa shape index (κ2) is 9.23. The van der Waals surface area contributed by atoms with E-state index in [1.807, 2.05) is 24.3 Å². The van der Waals surface area contributed by atoms with Crippen molar-refractivity contribution >= 4 is 17.7 Å². The Morgan fingerprint density at radius 1 is 1.26 bits per heavy atom. The van der Waals surface area contributed by atoms with Gasteiger partial charge in [-0.3, -0.25) is 4.79 Å². The first kappa shape index (κ1) is 19.9. The molecule has 1 aromatic rings. The maximum absolute atomic E-state index is 12.6. The van der Waals surface area contributed by atoms with E-state index in [0.717, 1.165) is 9.80 Å². The van der Waals surface area contributed by atoms with Crippen molar-refractivity contribution in [2.24, 2.45) is 0 Å². The number of methoxy groups -OCH3 is 1. The average Bonchev–Trinajstić information content (AvgIpc) is 2.48. The summed E-state index contributed by atoms with van der Waals surface area (Å²) in [4.78, 5) is 14.2. The van der Waals surface area contributed by atoms with Crippen molar-refractivity contribution < 1.29 is 18.3 Å². The van der Waals surface area contributed by atoms with Crippen LogP contribution in [0.1, 0.15) is 26.3 Å². The lowest BCUT2D eigenvalue weighted by molar-refractivity contribution is -0.130. The number of hydrogen-bond donors (Lipinski definition) is 0. The van der Waals surface area contributed by atoms with Crippen LogP contribution in [0.25, 0.3) is 0 Å². The highest BCUT2D eigenvalue weighted by Crippen LogP contribution is 2.25. The first-order valence-electron chi connectivity index (χ1n) is 7.52. The van der Waals surface area contributed by atoms with E-state index in [-0.39, 0.29) is 30.2 Å². The van der Waals surface area contributed by atoms with E-state index in [1.165, 1.54) is 24.4 Å². The monoisotopic (exact) mass is 345 g/mol. The van der Waals surface area contributed by atoms with Crippen LogP contribution < -0.4 is 0 Å². The molecular formula is C17H25F2NO2S. The van der Waals surface area contributed by atoms with Gasteiger partial charge in [-0.05, 0) is 23.1 Å². The lowest BCUT2D eigenvalue weighted by Crippen LogP contribution is -2.38. The number of rotatable bonds is 8. The molecule has 0 N–H and O–H groups in total. The summed E-state index contributed by atoms with van der Waals surface area (Å²) in [5, 5.41) is 0. The minimum absolute atomic E-state index is 0.0766. The molecule has 0 heterocycles. The van der Waals surface area contributed by atoms with Crippen LogP contribution in [-0.4, -0.2) is 49.8 Å². The SMILES string of the molecule is COCCN(CC(F)F)C(=O)CSc1ccc(C(C)(C)C)cc1. The summed E-state index contributed by atoms with van der Waals surface area (Å²) < 4.78 is 30.0. The Morgan fingerprint density at radius 2 is 1.87 bits per heavy atom. The first-order valence-corrected chi connectivity index (χ1v) is 8.51. The quantitative estimate of drug-likeness (QED) is 0.671. The van der Waals surface area contributed by atoms with Gasteiger partial charge in [0.15, 0.2) is 0 Å². The molecule has 0 radical (unpaired) electrons. The number of carbonyl (C=O) groups excluding carboxylic acids is 1. The normalized spacial score (nSPS) is 11.8. The van der Waals surface area contributed by atoms with Crippen molar-refractivity contribution in [2.75, 3.05) is 32.6 Å².